The van der Waals surface area contributed by atoms with Crippen LogP contribution < -0.4 is 9.47 Å². The molecule has 202 valence electrons. The van der Waals surface area contributed by atoms with Gasteiger partial charge >= 0.3 is 5.97 Å². The molecule has 0 atom stereocenters. The number of nitrogens with zero attached hydrogens (tertiary/aromatic N) is 1. The lowest BCUT2D eigenvalue weighted by atomic mass is 10.0. The highest BCUT2D eigenvalue weighted by atomic mass is 16.6. The van der Waals surface area contributed by atoms with Crippen molar-refractivity contribution >= 4 is 17.0 Å². The van der Waals surface area contributed by atoms with Crippen LogP contribution in [0.2, 0.25) is 0 Å². The number of carbonyl (C=O) groups is 1. The van der Waals surface area contributed by atoms with Crippen LogP contribution in [-0.4, -0.2) is 23.0 Å². The lowest BCUT2D eigenvalue weighted by Crippen LogP contribution is -2.08. The van der Waals surface area contributed by atoms with E-state index in [1.807, 2.05) is 36.4 Å². The molecule has 0 bridgehead atoms. The Bertz CT molecular complexity index is 1030. The maximum Gasteiger partial charge on any atom is 0.311 e. The maximum absolute atomic E-state index is 12.4. The minimum Gasteiger partial charge on any atom is -0.493 e. The van der Waals surface area contributed by atoms with Crippen molar-refractivity contribution in [3.05, 3.63) is 42.5 Å². The monoisotopic (exact) mass is 506 g/mol. The second-order valence-electron chi connectivity index (χ2n) is 10.1. The van der Waals surface area contributed by atoms with E-state index in [0.29, 0.717) is 17.9 Å². The van der Waals surface area contributed by atoms with Gasteiger partial charge in [-0.05, 0) is 36.8 Å². The van der Waals surface area contributed by atoms with Gasteiger partial charge < -0.3 is 14.5 Å². The molecule has 37 heavy (non-hydrogen) atoms. The zero-order chi connectivity index (χ0) is 26.1. The van der Waals surface area contributed by atoms with Crippen molar-refractivity contribution in [1.82, 2.24) is 9.97 Å². The fourth-order valence-electron chi connectivity index (χ4n) is 4.80. The van der Waals surface area contributed by atoms with E-state index in [1.54, 1.807) is 13.2 Å². The van der Waals surface area contributed by atoms with Crippen LogP contribution in [0.4, 0.5) is 0 Å². The van der Waals surface area contributed by atoms with Gasteiger partial charge in [0.15, 0.2) is 11.5 Å². The first-order chi connectivity index (χ1) is 18.2. The Morgan fingerprint density at radius 2 is 1.35 bits per heavy atom. The second kappa shape index (κ2) is 16.8. The van der Waals surface area contributed by atoms with Gasteiger partial charge in [-0.15, -0.1) is 0 Å². The summed E-state index contributed by atoms with van der Waals surface area (Å²) >= 11 is 0. The zero-order valence-corrected chi connectivity index (χ0v) is 23.0. The summed E-state index contributed by atoms with van der Waals surface area (Å²) in [6.07, 6.45) is 20.1. The summed E-state index contributed by atoms with van der Waals surface area (Å²) in [4.78, 5) is 20.3. The molecule has 0 radical (unpaired) electrons. The number of rotatable bonds is 19. The van der Waals surface area contributed by atoms with Crippen molar-refractivity contribution in [3.63, 3.8) is 0 Å². The second-order valence-corrected chi connectivity index (χ2v) is 10.1. The smallest absolute Gasteiger partial charge is 0.311 e. The Hall–Kier alpha value is -2.82. The molecule has 5 heteroatoms. The van der Waals surface area contributed by atoms with Crippen LogP contribution in [0, 0.1) is 0 Å². The molecule has 0 amide bonds. The Kier molecular flexibility index (Phi) is 13.1. The molecule has 1 heterocycles. The van der Waals surface area contributed by atoms with E-state index in [0.717, 1.165) is 35.3 Å². The van der Waals surface area contributed by atoms with Crippen molar-refractivity contribution in [2.45, 2.75) is 110 Å². The summed E-state index contributed by atoms with van der Waals surface area (Å²) < 4.78 is 11.1. The van der Waals surface area contributed by atoms with Crippen LogP contribution in [0.1, 0.15) is 110 Å². The standard InChI is InChI=1S/C32H46N2O3/c1-3-4-5-6-7-8-9-10-11-12-13-14-15-16-17-22-31(35)37-29-24-23-26(25-30(29)36-2)32-33-27-20-18-19-21-28(27)34-32/h18-21,23-25H,3-17,22H2,1-2H3,(H,33,34). The number of imidazole rings is 1. The lowest BCUT2D eigenvalue weighted by molar-refractivity contribution is -0.134. The molecule has 0 saturated heterocycles. The van der Waals surface area contributed by atoms with Crippen molar-refractivity contribution in [1.29, 1.82) is 0 Å². The molecular formula is C32H46N2O3. The molecule has 1 aromatic heterocycles. The number of fused-ring (bicyclic) bond motifs is 1. The van der Waals surface area contributed by atoms with Gasteiger partial charge in [0, 0.05) is 12.0 Å². The van der Waals surface area contributed by atoms with Gasteiger partial charge in [-0.25, -0.2) is 4.98 Å². The molecule has 2 aromatic carbocycles. The number of hydrogen-bond acceptors (Lipinski definition) is 4. The fraction of sp³-hybridized carbons (Fsp3) is 0.562. The average molecular weight is 507 g/mol. The summed E-state index contributed by atoms with van der Waals surface area (Å²) in [5.41, 5.74) is 2.78. The summed E-state index contributed by atoms with van der Waals surface area (Å²) in [5, 5.41) is 0. The number of hydrogen-bond donors (Lipinski definition) is 1. The number of unbranched alkanes of at least 4 members (excludes halogenated alkanes) is 14. The predicted molar refractivity (Wildman–Crippen MR) is 153 cm³/mol. The molecule has 0 aliphatic rings. The SMILES string of the molecule is CCCCCCCCCCCCCCCCCC(=O)Oc1ccc(-c2nc3ccccc3[nH]2)cc1OC. The van der Waals surface area contributed by atoms with E-state index < -0.39 is 0 Å². The van der Waals surface area contributed by atoms with Crippen LogP contribution in [-0.2, 0) is 4.79 Å². The minimum atomic E-state index is -0.204. The van der Waals surface area contributed by atoms with Gasteiger partial charge in [-0.1, -0.05) is 109 Å². The molecule has 0 unspecified atom stereocenters. The third-order valence-electron chi connectivity index (χ3n) is 7.03. The number of carbonyl (C=O) groups excluding carboxylic acids is 1. The number of ether oxygens (including phenoxy) is 2. The van der Waals surface area contributed by atoms with Gasteiger partial charge in [-0.2, -0.15) is 0 Å². The number of methoxy groups -OCH3 is 1. The molecule has 0 spiro atoms. The molecule has 3 aromatic rings. The van der Waals surface area contributed by atoms with Crippen LogP contribution in [0.25, 0.3) is 22.4 Å². The molecule has 3 rings (SSSR count). The van der Waals surface area contributed by atoms with E-state index in [-0.39, 0.29) is 5.97 Å². The van der Waals surface area contributed by atoms with E-state index in [2.05, 4.69) is 16.9 Å². The van der Waals surface area contributed by atoms with Crippen molar-refractivity contribution < 1.29 is 14.3 Å². The highest BCUT2D eigenvalue weighted by molar-refractivity contribution is 5.80. The number of esters is 1. The highest BCUT2D eigenvalue weighted by Crippen LogP contribution is 2.32. The number of aromatic amines is 1. The van der Waals surface area contributed by atoms with Crippen LogP contribution in [0.5, 0.6) is 11.5 Å². The minimum absolute atomic E-state index is 0.204. The number of aromatic nitrogens is 2. The van der Waals surface area contributed by atoms with Crippen molar-refractivity contribution in [2.24, 2.45) is 0 Å². The van der Waals surface area contributed by atoms with E-state index in [4.69, 9.17) is 9.47 Å². The Morgan fingerprint density at radius 1 is 0.757 bits per heavy atom. The number of para-hydroxylation sites is 2. The molecule has 0 aliphatic heterocycles. The summed E-state index contributed by atoms with van der Waals surface area (Å²) in [6, 6.07) is 13.5. The molecule has 0 aliphatic carbocycles. The Balaban J connectivity index is 1.26. The molecule has 0 fully saturated rings. The molecular weight excluding hydrogens is 460 g/mol. The Morgan fingerprint density at radius 3 is 1.95 bits per heavy atom. The topological polar surface area (TPSA) is 64.2 Å². The molecule has 0 saturated carbocycles. The normalized spacial score (nSPS) is 11.2. The number of benzene rings is 2. The largest absolute Gasteiger partial charge is 0.493 e. The lowest BCUT2D eigenvalue weighted by Gasteiger charge is -2.10. The summed E-state index contributed by atoms with van der Waals surface area (Å²) in [5.74, 6) is 1.54. The first-order valence-corrected chi connectivity index (χ1v) is 14.5. The van der Waals surface area contributed by atoms with Crippen LogP contribution >= 0.6 is 0 Å². The van der Waals surface area contributed by atoms with E-state index in [9.17, 15) is 4.79 Å². The van der Waals surface area contributed by atoms with Gasteiger partial charge in [0.2, 0.25) is 0 Å². The third kappa shape index (κ3) is 10.2. The molecule has 1 N–H and O–H groups in total. The quantitative estimate of drug-likeness (QED) is 0.0999. The zero-order valence-electron chi connectivity index (χ0n) is 23.0. The molecule has 5 nitrogen and oxygen atoms in total. The fourth-order valence-corrected chi connectivity index (χ4v) is 4.80. The predicted octanol–water partition coefficient (Wildman–Crippen LogP) is 9.41. The average Bonchev–Trinajstić information content (AvgIpc) is 3.35. The third-order valence-corrected chi connectivity index (χ3v) is 7.03. The van der Waals surface area contributed by atoms with Crippen LogP contribution in [0.15, 0.2) is 42.5 Å². The first kappa shape index (κ1) is 28.7. The van der Waals surface area contributed by atoms with Gasteiger partial charge in [0.25, 0.3) is 0 Å². The van der Waals surface area contributed by atoms with Crippen molar-refractivity contribution in [2.75, 3.05) is 7.11 Å². The highest BCUT2D eigenvalue weighted by Gasteiger charge is 2.13. The van der Waals surface area contributed by atoms with Gasteiger partial charge in [-0.3, -0.25) is 4.79 Å². The first-order valence-electron chi connectivity index (χ1n) is 14.5. The number of H-pyrrole nitrogens is 1. The van der Waals surface area contributed by atoms with Gasteiger partial charge in [0.1, 0.15) is 5.82 Å². The summed E-state index contributed by atoms with van der Waals surface area (Å²) in [6.45, 7) is 2.28. The van der Waals surface area contributed by atoms with Crippen LogP contribution in [0.3, 0.4) is 0 Å². The van der Waals surface area contributed by atoms with Crippen molar-refractivity contribution in [3.8, 4) is 22.9 Å². The van der Waals surface area contributed by atoms with E-state index in [1.165, 1.54) is 83.5 Å². The van der Waals surface area contributed by atoms with E-state index >= 15 is 0 Å². The maximum atomic E-state index is 12.4. The Labute approximate surface area is 223 Å². The van der Waals surface area contributed by atoms with Gasteiger partial charge in [0.05, 0.1) is 18.1 Å². The number of nitrogens with one attached hydrogen (secondary N) is 1. The summed E-state index contributed by atoms with van der Waals surface area (Å²) in [7, 11) is 1.59.